The number of aromatic nitrogens is 1. The second-order valence-corrected chi connectivity index (χ2v) is 7.18. The molecule has 2 saturated heterocycles. The molecule has 1 aromatic rings. The molecule has 0 radical (unpaired) electrons. The molecule has 2 aliphatic rings. The molecule has 3 rings (SSSR count). The Morgan fingerprint density at radius 3 is 3.05 bits per heavy atom. The fraction of sp³-hybridized carbons (Fsp3) is 0.538. The highest BCUT2D eigenvalue weighted by atomic mass is 32.2. The molecule has 1 N–H and O–H groups in total. The molecule has 106 valence electrons. The third-order valence-electron chi connectivity index (χ3n) is 4.14. The average Bonchev–Trinajstić information content (AvgIpc) is 2.97. The highest BCUT2D eigenvalue weighted by Gasteiger charge is 2.48. The first-order valence-electron chi connectivity index (χ1n) is 6.65. The van der Waals surface area contributed by atoms with Crippen LogP contribution in [0.1, 0.15) is 19.0 Å². The minimum Gasteiger partial charge on any atom is -0.315 e. The van der Waals surface area contributed by atoms with E-state index in [-0.39, 0.29) is 22.7 Å². The predicted molar refractivity (Wildman–Crippen MR) is 72.2 cm³/mol. The van der Waals surface area contributed by atoms with Crippen molar-refractivity contribution in [3.63, 3.8) is 0 Å². The first kappa shape index (κ1) is 13.5. The molecule has 0 saturated carbocycles. The summed E-state index contributed by atoms with van der Waals surface area (Å²) >= 11 is 0. The molecule has 0 spiro atoms. The van der Waals surface area contributed by atoms with Gasteiger partial charge in [0.15, 0.2) is 5.69 Å². The Hall–Kier alpha value is -1.49. The lowest BCUT2D eigenvalue weighted by Gasteiger charge is -2.26. The predicted octanol–water partition coefficient (Wildman–Crippen LogP) is 0.324. The van der Waals surface area contributed by atoms with Crippen molar-refractivity contribution in [1.82, 2.24) is 14.6 Å². The summed E-state index contributed by atoms with van der Waals surface area (Å²) in [6, 6.07) is 4.83. The zero-order chi connectivity index (χ0) is 14.3. The van der Waals surface area contributed by atoms with Crippen molar-refractivity contribution in [2.75, 3.05) is 13.1 Å². The standard InChI is InChI=1S/C13H16N4O2S/c1-9-5-10-7-15-8-12(10)17(9)20(18,19)13-3-2-4-16-11(13)6-14/h2-4,9-10,12,15H,5,7-8H2,1H3. The number of nitrogens with one attached hydrogen (secondary N) is 1. The molecule has 0 aliphatic carbocycles. The SMILES string of the molecule is CC1CC2CNCC2N1S(=O)(=O)c1cccnc1C#N. The molecule has 3 unspecified atom stereocenters. The van der Waals surface area contributed by atoms with Gasteiger partial charge in [-0.25, -0.2) is 13.4 Å². The molecule has 20 heavy (non-hydrogen) atoms. The van der Waals surface area contributed by atoms with E-state index in [1.54, 1.807) is 10.4 Å². The maximum atomic E-state index is 12.9. The maximum Gasteiger partial charge on any atom is 0.246 e. The van der Waals surface area contributed by atoms with Gasteiger partial charge >= 0.3 is 0 Å². The van der Waals surface area contributed by atoms with Gasteiger partial charge in [-0.1, -0.05) is 0 Å². The van der Waals surface area contributed by atoms with Gasteiger partial charge < -0.3 is 5.32 Å². The number of hydrogen-bond donors (Lipinski definition) is 1. The fourth-order valence-corrected chi connectivity index (χ4v) is 5.32. The molecule has 6 nitrogen and oxygen atoms in total. The Balaban J connectivity index is 2.06. The Bertz CT molecular complexity index is 667. The average molecular weight is 292 g/mol. The number of sulfonamides is 1. The molecule has 1 aromatic heterocycles. The second-order valence-electron chi connectivity index (χ2n) is 5.37. The van der Waals surface area contributed by atoms with Gasteiger partial charge in [0.25, 0.3) is 0 Å². The fourth-order valence-electron chi connectivity index (χ4n) is 3.34. The van der Waals surface area contributed by atoms with Crippen LogP contribution in [0.25, 0.3) is 0 Å². The monoisotopic (exact) mass is 292 g/mol. The molecule has 3 heterocycles. The van der Waals surface area contributed by atoms with Crippen LogP contribution in [0.15, 0.2) is 23.2 Å². The quantitative estimate of drug-likeness (QED) is 0.848. The third kappa shape index (κ3) is 1.92. The van der Waals surface area contributed by atoms with Crippen LogP contribution in [0.4, 0.5) is 0 Å². The summed E-state index contributed by atoms with van der Waals surface area (Å²) in [5, 5.41) is 12.3. The van der Waals surface area contributed by atoms with Crippen molar-refractivity contribution in [2.45, 2.75) is 30.3 Å². The Labute approximate surface area is 118 Å². The van der Waals surface area contributed by atoms with Crippen molar-refractivity contribution in [1.29, 1.82) is 5.26 Å². The number of fused-ring (bicyclic) bond motifs is 1. The Morgan fingerprint density at radius 1 is 1.50 bits per heavy atom. The van der Waals surface area contributed by atoms with E-state index in [2.05, 4.69) is 10.3 Å². The number of nitriles is 1. The zero-order valence-corrected chi connectivity index (χ0v) is 12.0. The molecule has 2 aliphatic heterocycles. The topological polar surface area (TPSA) is 86.1 Å². The van der Waals surface area contributed by atoms with Crippen LogP contribution in [-0.2, 0) is 10.0 Å². The number of pyridine rings is 1. The minimum absolute atomic E-state index is 0.0123. The van der Waals surface area contributed by atoms with E-state index in [4.69, 9.17) is 5.26 Å². The smallest absolute Gasteiger partial charge is 0.246 e. The lowest BCUT2D eigenvalue weighted by molar-refractivity contribution is 0.335. The first-order chi connectivity index (χ1) is 9.55. The maximum absolute atomic E-state index is 12.9. The van der Waals surface area contributed by atoms with Crippen LogP contribution >= 0.6 is 0 Å². The lowest BCUT2D eigenvalue weighted by Crippen LogP contribution is -2.42. The van der Waals surface area contributed by atoms with E-state index in [0.29, 0.717) is 12.5 Å². The third-order valence-corrected chi connectivity index (χ3v) is 6.21. The molecule has 0 bridgehead atoms. The van der Waals surface area contributed by atoms with Gasteiger partial charge in [-0.2, -0.15) is 9.57 Å². The highest BCUT2D eigenvalue weighted by molar-refractivity contribution is 7.89. The van der Waals surface area contributed by atoms with Gasteiger partial charge in [0.05, 0.1) is 0 Å². The van der Waals surface area contributed by atoms with Gasteiger partial charge in [0.1, 0.15) is 11.0 Å². The zero-order valence-electron chi connectivity index (χ0n) is 11.2. The normalized spacial score (nSPS) is 30.1. The molecule has 7 heteroatoms. The van der Waals surface area contributed by atoms with Crippen LogP contribution in [0.2, 0.25) is 0 Å². The van der Waals surface area contributed by atoms with E-state index >= 15 is 0 Å². The van der Waals surface area contributed by atoms with Crippen molar-refractivity contribution in [3.8, 4) is 6.07 Å². The summed E-state index contributed by atoms with van der Waals surface area (Å²) < 4.78 is 27.3. The largest absolute Gasteiger partial charge is 0.315 e. The van der Waals surface area contributed by atoms with Crippen LogP contribution in [0, 0.1) is 17.2 Å². The Kier molecular flexibility index (Phi) is 3.24. The molecule has 3 atom stereocenters. The van der Waals surface area contributed by atoms with Gasteiger partial charge in [-0.15, -0.1) is 0 Å². The molecule has 0 aromatic carbocycles. The van der Waals surface area contributed by atoms with Crippen LogP contribution in [0.3, 0.4) is 0 Å². The highest BCUT2D eigenvalue weighted by Crippen LogP contribution is 2.37. The second kappa shape index (κ2) is 4.81. The van der Waals surface area contributed by atoms with Gasteiger partial charge in [-0.3, -0.25) is 0 Å². The molecule has 0 amide bonds. The van der Waals surface area contributed by atoms with E-state index < -0.39 is 10.0 Å². The van der Waals surface area contributed by atoms with E-state index in [0.717, 1.165) is 13.0 Å². The van der Waals surface area contributed by atoms with Crippen molar-refractivity contribution in [3.05, 3.63) is 24.0 Å². The summed E-state index contributed by atoms with van der Waals surface area (Å²) in [7, 11) is -3.68. The van der Waals surface area contributed by atoms with E-state index in [1.165, 1.54) is 12.3 Å². The summed E-state index contributed by atoms with van der Waals surface area (Å²) in [6.07, 6.45) is 2.30. The summed E-state index contributed by atoms with van der Waals surface area (Å²) in [5.41, 5.74) is -0.0332. The van der Waals surface area contributed by atoms with E-state index in [1.807, 2.05) is 13.0 Å². The van der Waals surface area contributed by atoms with Crippen LogP contribution in [-0.4, -0.2) is 42.9 Å². The van der Waals surface area contributed by atoms with Crippen molar-refractivity contribution in [2.24, 2.45) is 5.92 Å². The number of hydrogen-bond acceptors (Lipinski definition) is 5. The van der Waals surface area contributed by atoms with Crippen LogP contribution in [0.5, 0.6) is 0 Å². The number of nitrogens with zero attached hydrogens (tertiary/aromatic N) is 3. The summed E-state index contributed by atoms with van der Waals surface area (Å²) in [5.74, 6) is 0.363. The molecule has 2 fully saturated rings. The lowest BCUT2D eigenvalue weighted by atomic mass is 10.0. The number of rotatable bonds is 2. The van der Waals surface area contributed by atoms with Crippen molar-refractivity contribution >= 4 is 10.0 Å². The first-order valence-corrected chi connectivity index (χ1v) is 8.09. The van der Waals surface area contributed by atoms with Crippen molar-refractivity contribution < 1.29 is 8.42 Å². The van der Waals surface area contributed by atoms with Gasteiger partial charge in [0.2, 0.25) is 10.0 Å². The van der Waals surface area contributed by atoms with E-state index in [9.17, 15) is 8.42 Å². The molecular weight excluding hydrogens is 276 g/mol. The minimum atomic E-state index is -3.68. The van der Waals surface area contributed by atoms with Crippen LogP contribution < -0.4 is 5.32 Å². The molecular formula is C13H16N4O2S. The van der Waals surface area contributed by atoms with Gasteiger partial charge in [0, 0.05) is 24.8 Å². The van der Waals surface area contributed by atoms with Gasteiger partial charge in [-0.05, 0) is 37.9 Å². The Morgan fingerprint density at radius 2 is 2.30 bits per heavy atom. The summed E-state index contributed by atoms with van der Waals surface area (Å²) in [6.45, 7) is 3.47. The summed E-state index contributed by atoms with van der Waals surface area (Å²) in [4.78, 5) is 3.88.